The van der Waals surface area contributed by atoms with Crippen LogP contribution in [0.4, 0.5) is 17.1 Å². The number of rotatable bonds is 4. The molecule has 0 bridgehead atoms. The van der Waals surface area contributed by atoms with Crippen LogP contribution in [0.25, 0.3) is 75.8 Å². The van der Waals surface area contributed by atoms with E-state index < -0.39 is 0 Å². The number of hydrogen-bond donors (Lipinski definition) is 0. The normalized spacial score (nSPS) is 12.0. The third kappa shape index (κ3) is 3.67. The average Bonchev–Trinajstić information content (AvgIpc) is 3.78. The number of benzene rings is 7. The Hall–Kier alpha value is -5.71. The van der Waals surface area contributed by atoms with Crippen LogP contribution in [0.3, 0.4) is 0 Å². The second kappa shape index (κ2) is 9.39. The molecule has 0 N–H and O–H groups in total. The van der Waals surface area contributed by atoms with Crippen molar-refractivity contribution in [1.29, 1.82) is 0 Å². The molecule has 0 saturated carbocycles. The van der Waals surface area contributed by atoms with Crippen LogP contribution in [-0.4, -0.2) is 4.98 Å². The zero-order valence-corrected chi connectivity index (χ0v) is 24.9. The highest BCUT2D eigenvalue weighted by atomic mass is 32.1. The lowest BCUT2D eigenvalue weighted by Crippen LogP contribution is -2.09. The van der Waals surface area contributed by atoms with Crippen LogP contribution in [0.5, 0.6) is 0 Å². The first kappa shape index (κ1) is 24.7. The monoisotopic (exact) mass is 592 g/mol. The molecule has 45 heavy (non-hydrogen) atoms. The molecule has 3 nitrogen and oxygen atoms in total. The van der Waals surface area contributed by atoms with E-state index in [1.54, 1.807) is 0 Å². The molecule has 0 spiro atoms. The van der Waals surface area contributed by atoms with Gasteiger partial charge in [-0.1, -0.05) is 78.9 Å². The minimum atomic E-state index is 0.639. The molecule has 2 heterocycles. The quantitative estimate of drug-likeness (QED) is 0.190. The molecule has 0 unspecified atom stereocenters. The predicted molar refractivity (Wildman–Crippen MR) is 189 cm³/mol. The highest BCUT2D eigenvalue weighted by Crippen LogP contribution is 2.50. The Morgan fingerprint density at radius 2 is 1.22 bits per heavy atom. The molecule has 210 valence electrons. The summed E-state index contributed by atoms with van der Waals surface area (Å²) in [7, 11) is 0. The van der Waals surface area contributed by atoms with Gasteiger partial charge < -0.3 is 9.32 Å². The van der Waals surface area contributed by atoms with Gasteiger partial charge in [-0.05, 0) is 82.9 Å². The Morgan fingerprint density at radius 1 is 0.511 bits per heavy atom. The highest BCUT2D eigenvalue weighted by molar-refractivity contribution is 7.25. The Labute approximate surface area is 263 Å². The van der Waals surface area contributed by atoms with Crippen molar-refractivity contribution in [2.24, 2.45) is 0 Å². The van der Waals surface area contributed by atoms with E-state index in [9.17, 15) is 0 Å². The number of hydrogen-bond acceptors (Lipinski definition) is 4. The second-order valence-electron chi connectivity index (χ2n) is 11.6. The van der Waals surface area contributed by atoms with Crippen LogP contribution < -0.4 is 4.90 Å². The number of anilines is 3. The van der Waals surface area contributed by atoms with Crippen LogP contribution in [0, 0.1) is 0 Å². The number of fused-ring (bicyclic) bond motifs is 8. The van der Waals surface area contributed by atoms with Gasteiger partial charge in [0.2, 0.25) is 5.89 Å². The first-order valence-electron chi connectivity index (χ1n) is 15.1. The van der Waals surface area contributed by atoms with Gasteiger partial charge in [-0.15, -0.1) is 11.3 Å². The maximum absolute atomic E-state index is 6.54. The SMILES string of the molecule is c1ccc(N(c2ccc(-c3nc4c(o3)-c3cccc5c3c-4cc3ccccc35)cc2)c2ccc3sc4ccccc4c3c2)cc1. The van der Waals surface area contributed by atoms with Gasteiger partial charge in [0.05, 0.1) is 0 Å². The summed E-state index contributed by atoms with van der Waals surface area (Å²) in [4.78, 5) is 7.39. The van der Waals surface area contributed by atoms with Crippen molar-refractivity contribution in [2.75, 3.05) is 4.90 Å². The Morgan fingerprint density at radius 3 is 2.11 bits per heavy atom. The molecule has 0 aliphatic heterocycles. The zero-order valence-electron chi connectivity index (χ0n) is 24.1. The summed E-state index contributed by atoms with van der Waals surface area (Å²) in [5.74, 6) is 1.49. The zero-order chi connectivity index (χ0) is 29.5. The highest BCUT2D eigenvalue weighted by Gasteiger charge is 2.29. The molecular formula is C41H24N2OS. The predicted octanol–water partition coefficient (Wildman–Crippen LogP) is 12.1. The molecule has 1 aliphatic carbocycles. The molecule has 4 heteroatoms. The molecule has 7 aromatic carbocycles. The van der Waals surface area contributed by atoms with E-state index in [1.807, 2.05) is 11.3 Å². The first-order valence-corrected chi connectivity index (χ1v) is 15.9. The molecule has 10 rings (SSSR count). The third-order valence-electron chi connectivity index (χ3n) is 9.02. The van der Waals surface area contributed by atoms with Crippen LogP contribution in [-0.2, 0) is 0 Å². The van der Waals surface area contributed by atoms with Crippen molar-refractivity contribution < 1.29 is 4.42 Å². The summed E-state index contributed by atoms with van der Waals surface area (Å²) >= 11 is 1.84. The summed E-state index contributed by atoms with van der Waals surface area (Å²) in [6, 6.07) is 51.8. The Balaban J connectivity index is 1.07. The number of aromatic nitrogens is 1. The van der Waals surface area contributed by atoms with Crippen molar-refractivity contribution in [1.82, 2.24) is 4.98 Å². The van der Waals surface area contributed by atoms with E-state index in [0.29, 0.717) is 5.89 Å². The number of nitrogens with zero attached hydrogens (tertiary/aromatic N) is 2. The maximum atomic E-state index is 6.54. The molecule has 0 fully saturated rings. The summed E-state index contributed by atoms with van der Waals surface area (Å²) in [5.41, 5.74) is 7.44. The minimum absolute atomic E-state index is 0.639. The fraction of sp³-hybridized carbons (Fsp3) is 0. The first-order chi connectivity index (χ1) is 22.3. The Kier molecular flexibility index (Phi) is 5.16. The van der Waals surface area contributed by atoms with Crippen molar-refractivity contribution >= 4 is 70.1 Å². The lowest BCUT2D eigenvalue weighted by Gasteiger charge is -2.25. The molecule has 0 amide bonds. The van der Waals surface area contributed by atoms with E-state index in [0.717, 1.165) is 45.2 Å². The second-order valence-corrected chi connectivity index (χ2v) is 12.7. The fourth-order valence-corrected chi connectivity index (χ4v) is 8.06. The standard InChI is InChI=1S/C41H24N2OS/c1-2-10-27(11-3-1)43(29-21-22-37-34(24-29)31-13-6-7-16-36(31)45-37)28-19-17-25(18-20-28)41-42-39-35-23-26-9-4-5-12-30(26)32-14-8-15-33(38(32)35)40(39)44-41/h1-24H. The maximum Gasteiger partial charge on any atom is 0.227 e. The number of oxazole rings is 1. The van der Waals surface area contributed by atoms with Crippen molar-refractivity contribution in [3.63, 3.8) is 0 Å². The molecule has 0 atom stereocenters. The smallest absolute Gasteiger partial charge is 0.227 e. The fourth-order valence-electron chi connectivity index (χ4n) is 6.98. The van der Waals surface area contributed by atoms with E-state index >= 15 is 0 Å². The van der Waals surface area contributed by atoms with Gasteiger partial charge in [0.1, 0.15) is 5.69 Å². The van der Waals surface area contributed by atoms with Gasteiger partial charge in [-0.2, -0.15) is 0 Å². The molecule has 0 saturated heterocycles. The van der Waals surface area contributed by atoms with Crippen molar-refractivity contribution in [2.45, 2.75) is 0 Å². The van der Waals surface area contributed by atoms with E-state index in [-0.39, 0.29) is 0 Å². The summed E-state index contributed by atoms with van der Waals surface area (Å²) < 4.78 is 9.14. The summed E-state index contributed by atoms with van der Waals surface area (Å²) in [5, 5.41) is 7.53. The van der Waals surface area contributed by atoms with E-state index in [1.165, 1.54) is 41.7 Å². The average molecular weight is 593 g/mol. The van der Waals surface area contributed by atoms with Gasteiger partial charge >= 0.3 is 0 Å². The molecule has 0 radical (unpaired) electrons. The largest absolute Gasteiger partial charge is 0.435 e. The van der Waals surface area contributed by atoms with Gasteiger partial charge in [0, 0.05) is 59.3 Å². The van der Waals surface area contributed by atoms with Gasteiger partial charge in [0.25, 0.3) is 0 Å². The van der Waals surface area contributed by atoms with Crippen molar-refractivity contribution in [3.05, 3.63) is 146 Å². The van der Waals surface area contributed by atoms with Crippen molar-refractivity contribution in [3.8, 4) is 34.0 Å². The number of thiophene rings is 1. The van der Waals surface area contributed by atoms with Crippen LogP contribution in [0.2, 0.25) is 0 Å². The minimum Gasteiger partial charge on any atom is -0.435 e. The van der Waals surface area contributed by atoms with Crippen LogP contribution in [0.15, 0.2) is 150 Å². The lowest BCUT2D eigenvalue weighted by molar-refractivity contribution is 0.590. The van der Waals surface area contributed by atoms with Gasteiger partial charge in [0.15, 0.2) is 5.76 Å². The van der Waals surface area contributed by atoms with E-state index in [2.05, 4.69) is 150 Å². The lowest BCUT2D eigenvalue weighted by atomic mass is 9.97. The molecular weight excluding hydrogens is 569 g/mol. The molecule has 2 aromatic heterocycles. The molecule has 1 aliphatic rings. The van der Waals surface area contributed by atoms with Crippen LogP contribution >= 0.6 is 11.3 Å². The van der Waals surface area contributed by atoms with Crippen LogP contribution in [0.1, 0.15) is 0 Å². The van der Waals surface area contributed by atoms with E-state index in [4.69, 9.17) is 9.40 Å². The molecule has 9 aromatic rings. The number of para-hydroxylation sites is 1. The summed E-state index contributed by atoms with van der Waals surface area (Å²) in [6.45, 7) is 0. The Bertz CT molecular complexity index is 2600. The van der Waals surface area contributed by atoms with Gasteiger partial charge in [-0.3, -0.25) is 0 Å². The van der Waals surface area contributed by atoms with Gasteiger partial charge in [-0.25, -0.2) is 4.98 Å². The third-order valence-corrected chi connectivity index (χ3v) is 10.2. The topological polar surface area (TPSA) is 29.3 Å². The summed E-state index contributed by atoms with van der Waals surface area (Å²) in [6.07, 6.45) is 0.